The van der Waals surface area contributed by atoms with Gasteiger partial charge in [-0.3, -0.25) is 24.1 Å². The number of carbonyl (C=O) groups is 3. The average Bonchev–Trinajstić information content (AvgIpc) is 3.26. The highest BCUT2D eigenvalue weighted by molar-refractivity contribution is 5.95. The first-order valence-electron chi connectivity index (χ1n) is 21.0. The number of aromatic nitrogens is 2. The molecule has 4 aromatic rings. The molecular formula is C45H55FN8O4. The maximum Gasteiger partial charge on any atom is 0.272 e. The maximum absolute atomic E-state index is 15.0. The van der Waals surface area contributed by atoms with Crippen molar-refractivity contribution in [3.63, 3.8) is 0 Å². The van der Waals surface area contributed by atoms with Gasteiger partial charge in [0, 0.05) is 95.9 Å². The van der Waals surface area contributed by atoms with Crippen LogP contribution in [0.1, 0.15) is 69.1 Å². The van der Waals surface area contributed by atoms with Crippen molar-refractivity contribution in [2.24, 2.45) is 5.92 Å². The molecule has 3 aromatic carbocycles. The molecule has 4 aliphatic rings. The van der Waals surface area contributed by atoms with Crippen LogP contribution in [-0.4, -0.2) is 156 Å². The van der Waals surface area contributed by atoms with Gasteiger partial charge in [0.1, 0.15) is 5.82 Å². The van der Waals surface area contributed by atoms with Crippen LogP contribution in [0.3, 0.4) is 0 Å². The predicted octanol–water partition coefficient (Wildman–Crippen LogP) is 3.92. The van der Waals surface area contributed by atoms with Crippen LogP contribution in [0.5, 0.6) is 0 Å². The Labute approximate surface area is 339 Å². The predicted molar refractivity (Wildman–Crippen MR) is 221 cm³/mol. The second kappa shape index (κ2) is 17.9. The number of hydrogen-bond acceptors (Lipinski definition) is 8. The monoisotopic (exact) mass is 790 g/mol. The molecule has 0 spiro atoms. The van der Waals surface area contributed by atoms with E-state index in [1.165, 1.54) is 24.5 Å². The summed E-state index contributed by atoms with van der Waals surface area (Å²) in [6.07, 6.45) is 4.72. The van der Waals surface area contributed by atoms with Crippen LogP contribution in [-0.2, 0) is 11.2 Å². The highest BCUT2D eigenvalue weighted by Crippen LogP contribution is 2.28. The summed E-state index contributed by atoms with van der Waals surface area (Å²) in [7, 11) is 2.18. The van der Waals surface area contributed by atoms with Gasteiger partial charge in [-0.1, -0.05) is 36.4 Å². The van der Waals surface area contributed by atoms with Crippen LogP contribution in [0.15, 0.2) is 71.5 Å². The van der Waals surface area contributed by atoms with Crippen molar-refractivity contribution in [1.29, 1.82) is 0 Å². The molecule has 1 atom stereocenters. The zero-order valence-corrected chi connectivity index (χ0v) is 33.6. The highest BCUT2D eigenvalue weighted by Gasteiger charge is 2.30. The van der Waals surface area contributed by atoms with Crippen molar-refractivity contribution < 1.29 is 18.8 Å². The number of piperidine rings is 2. The van der Waals surface area contributed by atoms with Crippen molar-refractivity contribution in [3.8, 4) is 0 Å². The Kier molecular flexibility index (Phi) is 12.3. The van der Waals surface area contributed by atoms with Gasteiger partial charge in [0.25, 0.3) is 17.4 Å². The van der Waals surface area contributed by atoms with E-state index in [9.17, 15) is 19.2 Å². The largest absolute Gasteiger partial charge is 0.339 e. The topological polar surface area (TPSA) is 116 Å². The zero-order valence-electron chi connectivity index (χ0n) is 33.6. The molecule has 13 heteroatoms. The number of nitrogens with one attached hydrogen (secondary N) is 1. The van der Waals surface area contributed by atoms with Crippen molar-refractivity contribution in [3.05, 3.63) is 111 Å². The summed E-state index contributed by atoms with van der Waals surface area (Å²) < 4.78 is 15.0. The van der Waals surface area contributed by atoms with E-state index in [4.69, 9.17) is 0 Å². The molecule has 1 unspecified atom stereocenters. The molecule has 8 rings (SSSR count). The van der Waals surface area contributed by atoms with Crippen molar-refractivity contribution >= 4 is 28.5 Å². The van der Waals surface area contributed by atoms with E-state index in [0.717, 1.165) is 77.3 Å². The number of H-pyrrole nitrogens is 1. The van der Waals surface area contributed by atoms with Crippen LogP contribution in [0.2, 0.25) is 0 Å². The molecular weight excluding hydrogens is 736 g/mol. The molecule has 3 amide bonds. The lowest BCUT2D eigenvalue weighted by atomic mass is 9.89. The van der Waals surface area contributed by atoms with Gasteiger partial charge in [0.2, 0.25) is 5.91 Å². The number of amides is 3. The molecule has 0 saturated carbocycles. The normalized spacial score (nSPS) is 20.4. The minimum Gasteiger partial charge on any atom is -0.339 e. The average molecular weight is 791 g/mol. The molecule has 306 valence electrons. The number of hydrogen-bond donors (Lipinski definition) is 1. The molecule has 1 aromatic heterocycles. The molecule has 1 N–H and O–H groups in total. The molecule has 58 heavy (non-hydrogen) atoms. The number of carbonyl (C=O) groups excluding carboxylic acids is 3. The van der Waals surface area contributed by atoms with Gasteiger partial charge < -0.3 is 24.5 Å². The summed E-state index contributed by atoms with van der Waals surface area (Å²) in [5.41, 5.74) is 3.16. The lowest BCUT2D eigenvalue weighted by Gasteiger charge is -2.40. The second-order valence-corrected chi connectivity index (χ2v) is 16.7. The summed E-state index contributed by atoms with van der Waals surface area (Å²) in [6.45, 7) is 10.1. The first kappa shape index (κ1) is 39.8. The number of halogens is 1. The van der Waals surface area contributed by atoms with Gasteiger partial charge in [0.05, 0.1) is 23.2 Å². The van der Waals surface area contributed by atoms with Crippen molar-refractivity contribution in [1.82, 2.24) is 39.6 Å². The number of likely N-dealkylation sites (tertiary alicyclic amines) is 2. The third-order valence-corrected chi connectivity index (χ3v) is 12.8. The van der Waals surface area contributed by atoms with Gasteiger partial charge in [0.15, 0.2) is 0 Å². The summed E-state index contributed by atoms with van der Waals surface area (Å²) in [5, 5.41) is 8.00. The maximum atomic E-state index is 15.0. The molecule has 5 heterocycles. The Morgan fingerprint density at radius 1 is 0.741 bits per heavy atom. The molecule has 0 radical (unpaired) electrons. The zero-order chi connectivity index (χ0) is 40.2. The minimum atomic E-state index is -0.592. The number of fused-ring (bicyclic) bond motifs is 1. The lowest BCUT2D eigenvalue weighted by Crippen LogP contribution is -2.55. The fourth-order valence-corrected chi connectivity index (χ4v) is 9.33. The van der Waals surface area contributed by atoms with Gasteiger partial charge in [-0.25, -0.2) is 9.49 Å². The van der Waals surface area contributed by atoms with Crippen molar-refractivity contribution in [2.75, 3.05) is 98.7 Å². The van der Waals surface area contributed by atoms with Crippen LogP contribution < -0.4 is 5.56 Å². The third kappa shape index (κ3) is 9.16. The number of likely N-dealkylation sites (N-methyl/N-ethyl adjacent to an activating group) is 1. The first-order valence-corrected chi connectivity index (χ1v) is 21.0. The van der Waals surface area contributed by atoms with Gasteiger partial charge in [-0.2, -0.15) is 5.10 Å². The summed E-state index contributed by atoms with van der Waals surface area (Å²) in [5.74, 6) is 0.281. The molecule has 4 aliphatic heterocycles. The van der Waals surface area contributed by atoms with Crippen LogP contribution in [0.4, 0.5) is 4.39 Å². The number of nitrogens with zero attached hydrogens (tertiary/aromatic N) is 7. The minimum absolute atomic E-state index is 0.00764. The Balaban J connectivity index is 0.755. The second-order valence-electron chi connectivity index (χ2n) is 16.7. The van der Waals surface area contributed by atoms with E-state index in [-0.39, 0.29) is 22.9 Å². The van der Waals surface area contributed by atoms with E-state index in [2.05, 4.69) is 44.1 Å². The van der Waals surface area contributed by atoms with Crippen LogP contribution in [0.25, 0.3) is 10.8 Å². The van der Waals surface area contributed by atoms with Crippen LogP contribution >= 0.6 is 0 Å². The molecule has 4 fully saturated rings. The third-order valence-electron chi connectivity index (χ3n) is 12.8. The van der Waals surface area contributed by atoms with Crippen molar-refractivity contribution in [2.45, 2.75) is 38.0 Å². The molecule has 4 saturated heterocycles. The fraction of sp³-hybridized carbons (Fsp3) is 0.489. The number of aromatic amines is 1. The van der Waals surface area contributed by atoms with E-state index < -0.39 is 11.7 Å². The van der Waals surface area contributed by atoms with E-state index in [1.54, 1.807) is 29.2 Å². The number of rotatable bonds is 9. The summed E-state index contributed by atoms with van der Waals surface area (Å²) in [6, 6.07) is 20.0. The molecule has 0 bridgehead atoms. The van der Waals surface area contributed by atoms with Gasteiger partial charge >= 0.3 is 0 Å². The summed E-state index contributed by atoms with van der Waals surface area (Å²) >= 11 is 0. The smallest absolute Gasteiger partial charge is 0.272 e. The summed E-state index contributed by atoms with van der Waals surface area (Å²) in [4.78, 5) is 65.1. The van der Waals surface area contributed by atoms with Gasteiger partial charge in [-0.05, 0) is 92.6 Å². The Morgan fingerprint density at radius 2 is 1.45 bits per heavy atom. The SMILES string of the molecule is CN1CCCC(c2cccc(C(=O)N3CCC(CN4CCN(CC(=O)N5CCN(C(=O)c6cc(Cc7n[nH]c(=O)c8ccccc78)ccc6F)CC5)CC4)CC3)c2)C1. The molecule has 12 nitrogen and oxygen atoms in total. The fourth-order valence-electron chi connectivity index (χ4n) is 9.33. The quantitative estimate of drug-likeness (QED) is 0.272. The van der Waals surface area contributed by atoms with Gasteiger partial charge in [-0.15, -0.1) is 0 Å². The van der Waals surface area contributed by atoms with E-state index >= 15 is 4.39 Å². The Morgan fingerprint density at radius 3 is 2.21 bits per heavy atom. The Bertz CT molecular complexity index is 2170. The van der Waals surface area contributed by atoms with Crippen LogP contribution in [0, 0.1) is 11.7 Å². The first-order chi connectivity index (χ1) is 28.2. The Hall–Kier alpha value is -4.98. The molecule has 0 aliphatic carbocycles. The standard InChI is InChI=1S/C45H55FN8O4/c1-49-15-5-8-36(30-49)34-6-4-7-35(28-34)44(57)53-16-13-32(14-17-53)29-50-18-20-51(21-19-50)31-42(55)52-22-24-54(25-23-52)45(58)39-26-33(11-12-40(39)46)27-41-37-9-2-3-10-38(37)43(56)48-47-41/h2-4,6-7,9-12,26,28,32,36H,5,8,13-25,27,29-31H2,1H3,(H,48,56). The van der Waals surface area contributed by atoms with E-state index in [1.807, 2.05) is 34.1 Å². The lowest BCUT2D eigenvalue weighted by molar-refractivity contribution is -0.134. The number of benzene rings is 3. The van der Waals surface area contributed by atoms with E-state index in [0.29, 0.717) is 73.0 Å². The number of piperazine rings is 2. The highest BCUT2D eigenvalue weighted by atomic mass is 19.1.